The second kappa shape index (κ2) is 9.97. The number of hydrogen-bond acceptors (Lipinski definition) is 4. The molecule has 4 nitrogen and oxygen atoms in total. The van der Waals surface area contributed by atoms with Gasteiger partial charge in [0.05, 0.1) is 10.7 Å². The van der Waals surface area contributed by atoms with Gasteiger partial charge in [-0.15, -0.1) is 0 Å². The van der Waals surface area contributed by atoms with E-state index in [0.717, 1.165) is 42.1 Å². The summed E-state index contributed by atoms with van der Waals surface area (Å²) in [6.45, 7) is 9.50. The van der Waals surface area contributed by atoms with Crippen LogP contribution in [-0.2, 0) is 19.6 Å². The van der Waals surface area contributed by atoms with Crippen LogP contribution < -0.4 is 5.73 Å². The molecule has 0 fully saturated rings. The van der Waals surface area contributed by atoms with Gasteiger partial charge in [0.15, 0.2) is 0 Å². The highest BCUT2D eigenvalue weighted by Crippen LogP contribution is 2.21. The molecular formula is C24H29ClN4. The van der Waals surface area contributed by atoms with E-state index in [1.54, 1.807) is 6.20 Å². The molecule has 1 unspecified atom stereocenters. The van der Waals surface area contributed by atoms with E-state index < -0.39 is 0 Å². The molecule has 0 spiro atoms. The standard InChI is InChI=1S/C24H29ClN4/c1-17-10-20(12-26)7-8-21(17)15-29(14-19(3)23-6-4-5-9-27-23)16-24-18(2)11-22(25)13-28-24/h4-11,13,19H,12,14-16,26H2,1-3H3. The summed E-state index contributed by atoms with van der Waals surface area (Å²) in [6, 6.07) is 14.6. The number of aryl methyl sites for hydroxylation is 2. The van der Waals surface area contributed by atoms with Gasteiger partial charge in [-0.1, -0.05) is 42.8 Å². The molecule has 0 aliphatic rings. The molecule has 3 aromatic rings. The van der Waals surface area contributed by atoms with Crippen molar-refractivity contribution >= 4 is 11.6 Å². The fourth-order valence-corrected chi connectivity index (χ4v) is 3.80. The molecule has 0 aliphatic heterocycles. The molecule has 1 atom stereocenters. The Morgan fingerprint density at radius 1 is 1.03 bits per heavy atom. The molecule has 0 saturated carbocycles. The van der Waals surface area contributed by atoms with Gasteiger partial charge in [0.25, 0.3) is 0 Å². The first-order chi connectivity index (χ1) is 14.0. The van der Waals surface area contributed by atoms with Gasteiger partial charge in [0, 0.05) is 50.2 Å². The first-order valence-electron chi connectivity index (χ1n) is 9.99. The van der Waals surface area contributed by atoms with Crippen molar-refractivity contribution in [3.63, 3.8) is 0 Å². The third-order valence-electron chi connectivity index (χ3n) is 5.29. The predicted molar refractivity (Wildman–Crippen MR) is 120 cm³/mol. The van der Waals surface area contributed by atoms with E-state index in [2.05, 4.69) is 59.9 Å². The lowest BCUT2D eigenvalue weighted by molar-refractivity contribution is 0.239. The van der Waals surface area contributed by atoms with Crippen LogP contribution in [-0.4, -0.2) is 21.4 Å². The van der Waals surface area contributed by atoms with Crippen molar-refractivity contribution in [2.75, 3.05) is 6.54 Å². The number of hydrogen-bond donors (Lipinski definition) is 1. The predicted octanol–water partition coefficient (Wildman–Crippen LogP) is 5.01. The van der Waals surface area contributed by atoms with Crippen molar-refractivity contribution in [2.45, 2.75) is 46.3 Å². The van der Waals surface area contributed by atoms with Gasteiger partial charge in [-0.2, -0.15) is 0 Å². The van der Waals surface area contributed by atoms with Crippen LogP contribution in [0.4, 0.5) is 0 Å². The van der Waals surface area contributed by atoms with Gasteiger partial charge in [-0.05, 0) is 54.3 Å². The number of nitrogens with zero attached hydrogens (tertiary/aromatic N) is 3. The Bertz CT molecular complexity index is 943. The topological polar surface area (TPSA) is 55.0 Å². The van der Waals surface area contributed by atoms with E-state index in [1.165, 1.54) is 11.1 Å². The summed E-state index contributed by atoms with van der Waals surface area (Å²) in [4.78, 5) is 11.6. The molecule has 0 amide bonds. The van der Waals surface area contributed by atoms with Crippen molar-refractivity contribution < 1.29 is 0 Å². The number of aromatic nitrogens is 2. The lowest BCUT2D eigenvalue weighted by Gasteiger charge is -2.27. The largest absolute Gasteiger partial charge is 0.326 e. The van der Waals surface area contributed by atoms with Crippen LogP contribution in [0.25, 0.3) is 0 Å². The van der Waals surface area contributed by atoms with Crippen molar-refractivity contribution in [2.24, 2.45) is 5.73 Å². The fraction of sp³-hybridized carbons (Fsp3) is 0.333. The first kappa shape index (κ1) is 21.4. The molecular weight excluding hydrogens is 380 g/mol. The summed E-state index contributed by atoms with van der Waals surface area (Å²) in [5.41, 5.74) is 12.8. The maximum atomic E-state index is 6.10. The number of rotatable bonds is 8. The lowest BCUT2D eigenvalue weighted by atomic mass is 10.0. The van der Waals surface area contributed by atoms with Gasteiger partial charge in [-0.25, -0.2) is 0 Å². The summed E-state index contributed by atoms with van der Waals surface area (Å²) in [5, 5.41) is 0.674. The smallest absolute Gasteiger partial charge is 0.0592 e. The van der Waals surface area contributed by atoms with Crippen LogP contribution in [0.5, 0.6) is 0 Å². The fourth-order valence-electron chi connectivity index (χ4n) is 3.58. The van der Waals surface area contributed by atoms with Crippen LogP contribution in [0, 0.1) is 13.8 Å². The molecule has 1 aromatic carbocycles. The SMILES string of the molecule is Cc1cc(CN)ccc1CN(Cc1ncc(Cl)cc1C)CC(C)c1ccccn1. The minimum Gasteiger partial charge on any atom is -0.326 e. The Labute approximate surface area is 178 Å². The molecule has 152 valence electrons. The molecule has 29 heavy (non-hydrogen) atoms. The van der Waals surface area contributed by atoms with Crippen LogP contribution in [0.1, 0.15) is 46.5 Å². The third-order valence-corrected chi connectivity index (χ3v) is 5.49. The lowest BCUT2D eigenvalue weighted by Crippen LogP contribution is -2.28. The molecule has 2 N–H and O–H groups in total. The van der Waals surface area contributed by atoms with Crippen LogP contribution in [0.15, 0.2) is 54.9 Å². The Morgan fingerprint density at radius 3 is 2.52 bits per heavy atom. The minimum absolute atomic E-state index is 0.312. The zero-order chi connectivity index (χ0) is 20.8. The van der Waals surface area contributed by atoms with Gasteiger partial charge in [-0.3, -0.25) is 14.9 Å². The zero-order valence-corrected chi connectivity index (χ0v) is 18.2. The molecule has 0 saturated heterocycles. The zero-order valence-electron chi connectivity index (χ0n) is 17.4. The Kier molecular flexibility index (Phi) is 7.37. The van der Waals surface area contributed by atoms with Crippen molar-refractivity contribution in [1.29, 1.82) is 0 Å². The highest BCUT2D eigenvalue weighted by atomic mass is 35.5. The highest BCUT2D eigenvalue weighted by Gasteiger charge is 2.16. The Balaban J connectivity index is 1.84. The maximum Gasteiger partial charge on any atom is 0.0592 e. The normalized spacial score (nSPS) is 12.3. The van der Waals surface area contributed by atoms with Gasteiger partial charge < -0.3 is 5.73 Å². The van der Waals surface area contributed by atoms with E-state index in [-0.39, 0.29) is 0 Å². The van der Waals surface area contributed by atoms with Crippen LogP contribution in [0.2, 0.25) is 5.02 Å². The van der Waals surface area contributed by atoms with Crippen molar-refractivity contribution in [3.8, 4) is 0 Å². The van der Waals surface area contributed by atoms with Gasteiger partial charge in [0.1, 0.15) is 0 Å². The van der Waals surface area contributed by atoms with Crippen LogP contribution >= 0.6 is 11.6 Å². The third kappa shape index (κ3) is 5.86. The molecule has 0 aliphatic carbocycles. The number of pyridine rings is 2. The van der Waals surface area contributed by atoms with E-state index in [1.807, 2.05) is 24.4 Å². The Hall–Kier alpha value is -2.27. The molecule has 0 radical (unpaired) electrons. The molecule has 0 bridgehead atoms. The van der Waals surface area contributed by atoms with Gasteiger partial charge in [0.2, 0.25) is 0 Å². The average Bonchev–Trinajstić information content (AvgIpc) is 2.72. The van der Waals surface area contributed by atoms with Crippen molar-refractivity contribution in [1.82, 2.24) is 14.9 Å². The average molecular weight is 409 g/mol. The van der Waals surface area contributed by atoms with E-state index in [9.17, 15) is 0 Å². The van der Waals surface area contributed by atoms with Crippen LogP contribution in [0.3, 0.4) is 0 Å². The van der Waals surface area contributed by atoms with Gasteiger partial charge >= 0.3 is 0 Å². The second-order valence-electron chi connectivity index (χ2n) is 7.71. The molecule has 2 heterocycles. The summed E-state index contributed by atoms with van der Waals surface area (Å²) >= 11 is 6.10. The number of halogens is 1. The summed E-state index contributed by atoms with van der Waals surface area (Å²) in [7, 11) is 0. The first-order valence-corrected chi connectivity index (χ1v) is 10.4. The highest BCUT2D eigenvalue weighted by molar-refractivity contribution is 6.30. The summed E-state index contributed by atoms with van der Waals surface area (Å²) in [5.74, 6) is 0.312. The van der Waals surface area contributed by atoms with E-state index in [4.69, 9.17) is 17.3 Å². The number of benzene rings is 1. The van der Waals surface area contributed by atoms with Crippen molar-refractivity contribution in [3.05, 3.63) is 93.5 Å². The van der Waals surface area contributed by atoms with E-state index in [0.29, 0.717) is 17.5 Å². The molecule has 2 aromatic heterocycles. The minimum atomic E-state index is 0.312. The monoisotopic (exact) mass is 408 g/mol. The number of nitrogens with two attached hydrogens (primary N) is 1. The molecule has 3 rings (SSSR count). The maximum absolute atomic E-state index is 6.10. The Morgan fingerprint density at radius 2 is 1.86 bits per heavy atom. The summed E-state index contributed by atoms with van der Waals surface area (Å²) < 4.78 is 0. The molecule has 5 heteroatoms. The second-order valence-corrected chi connectivity index (χ2v) is 8.14. The van der Waals surface area contributed by atoms with E-state index >= 15 is 0 Å². The quantitative estimate of drug-likeness (QED) is 0.569. The summed E-state index contributed by atoms with van der Waals surface area (Å²) in [6.07, 6.45) is 3.59.